The van der Waals surface area contributed by atoms with E-state index in [0.717, 1.165) is 0 Å². The Morgan fingerprint density at radius 2 is 1.96 bits per heavy atom. The molecule has 0 fully saturated rings. The standard InChI is InChI=1S/C15H14N4O3S/c1-9-17-13-7-6-10(8-14(13)18-9)23(21,22)19-12-5-3-2-4-11(12)15(16)20/h2-8,19H,1H3,(H2,16,20)(H,17,18). The highest BCUT2D eigenvalue weighted by Gasteiger charge is 2.18. The number of aryl methyl sites for hydroxylation is 1. The van der Waals surface area contributed by atoms with Gasteiger partial charge in [-0.1, -0.05) is 12.1 Å². The minimum Gasteiger partial charge on any atom is -0.366 e. The largest absolute Gasteiger partial charge is 0.366 e. The molecule has 1 aromatic heterocycles. The van der Waals surface area contributed by atoms with Crippen LogP contribution in [0.2, 0.25) is 0 Å². The first-order valence-electron chi connectivity index (χ1n) is 6.75. The number of primary amides is 1. The third kappa shape index (κ3) is 2.88. The Hall–Kier alpha value is -2.87. The molecule has 0 bridgehead atoms. The quantitative estimate of drug-likeness (QED) is 0.675. The van der Waals surface area contributed by atoms with Crippen molar-refractivity contribution in [2.45, 2.75) is 11.8 Å². The monoisotopic (exact) mass is 330 g/mol. The van der Waals surface area contributed by atoms with E-state index in [1.807, 2.05) is 0 Å². The molecule has 0 atom stereocenters. The van der Waals surface area contributed by atoms with Gasteiger partial charge in [-0.15, -0.1) is 0 Å². The van der Waals surface area contributed by atoms with Crippen molar-refractivity contribution < 1.29 is 13.2 Å². The predicted molar refractivity (Wildman–Crippen MR) is 86.6 cm³/mol. The Morgan fingerprint density at radius 1 is 1.22 bits per heavy atom. The molecule has 23 heavy (non-hydrogen) atoms. The van der Waals surface area contributed by atoms with Gasteiger partial charge in [-0.05, 0) is 37.3 Å². The highest BCUT2D eigenvalue weighted by atomic mass is 32.2. The van der Waals surface area contributed by atoms with Gasteiger partial charge in [0.2, 0.25) is 0 Å². The average molecular weight is 330 g/mol. The van der Waals surface area contributed by atoms with Gasteiger partial charge >= 0.3 is 0 Å². The molecule has 0 saturated heterocycles. The first kappa shape index (κ1) is 15.0. The van der Waals surface area contributed by atoms with Crippen molar-refractivity contribution in [3.8, 4) is 0 Å². The lowest BCUT2D eigenvalue weighted by Gasteiger charge is -2.10. The van der Waals surface area contributed by atoms with Gasteiger partial charge in [0.05, 0.1) is 27.2 Å². The number of benzene rings is 2. The van der Waals surface area contributed by atoms with E-state index >= 15 is 0 Å². The maximum Gasteiger partial charge on any atom is 0.261 e. The van der Waals surface area contributed by atoms with Gasteiger partial charge in [0, 0.05) is 0 Å². The number of anilines is 1. The normalized spacial score (nSPS) is 11.5. The molecule has 0 aliphatic rings. The molecule has 0 radical (unpaired) electrons. The Kier molecular flexibility index (Phi) is 3.53. The van der Waals surface area contributed by atoms with E-state index in [2.05, 4.69) is 14.7 Å². The fourth-order valence-corrected chi connectivity index (χ4v) is 3.38. The van der Waals surface area contributed by atoms with Crippen LogP contribution < -0.4 is 10.5 Å². The topological polar surface area (TPSA) is 118 Å². The SMILES string of the molecule is Cc1nc2ccc(S(=O)(=O)Nc3ccccc3C(N)=O)cc2[nH]1. The van der Waals surface area contributed by atoms with Crippen LogP contribution in [0, 0.1) is 6.92 Å². The number of para-hydroxylation sites is 1. The van der Waals surface area contributed by atoms with Crippen molar-refractivity contribution in [2.75, 3.05) is 4.72 Å². The van der Waals surface area contributed by atoms with Crippen LogP contribution in [0.5, 0.6) is 0 Å². The smallest absolute Gasteiger partial charge is 0.261 e. The molecule has 2 aromatic carbocycles. The highest BCUT2D eigenvalue weighted by Crippen LogP contribution is 2.22. The molecule has 1 heterocycles. The van der Waals surface area contributed by atoms with Crippen LogP contribution in [0.1, 0.15) is 16.2 Å². The molecule has 8 heteroatoms. The van der Waals surface area contributed by atoms with Crippen LogP contribution in [0.15, 0.2) is 47.4 Å². The molecule has 118 valence electrons. The summed E-state index contributed by atoms with van der Waals surface area (Å²) in [5.74, 6) is -0.00970. The van der Waals surface area contributed by atoms with Gasteiger partial charge in [0.25, 0.3) is 15.9 Å². The summed E-state index contributed by atoms with van der Waals surface area (Å²) in [6.45, 7) is 1.79. The van der Waals surface area contributed by atoms with Gasteiger partial charge in [-0.3, -0.25) is 9.52 Å². The van der Waals surface area contributed by atoms with Crippen molar-refractivity contribution in [3.63, 3.8) is 0 Å². The van der Waals surface area contributed by atoms with Crippen LogP contribution >= 0.6 is 0 Å². The minimum atomic E-state index is -3.86. The molecule has 4 N–H and O–H groups in total. The average Bonchev–Trinajstić information content (AvgIpc) is 2.86. The number of carbonyl (C=O) groups excluding carboxylic acids is 1. The Morgan fingerprint density at radius 3 is 2.70 bits per heavy atom. The Bertz CT molecular complexity index is 1010. The van der Waals surface area contributed by atoms with E-state index in [9.17, 15) is 13.2 Å². The Labute approximate surface area is 132 Å². The third-order valence-electron chi connectivity index (χ3n) is 3.32. The summed E-state index contributed by atoms with van der Waals surface area (Å²) in [4.78, 5) is 18.7. The zero-order valence-corrected chi connectivity index (χ0v) is 13.0. The van der Waals surface area contributed by atoms with Gasteiger partial charge in [-0.2, -0.15) is 0 Å². The van der Waals surface area contributed by atoms with Crippen molar-refractivity contribution in [2.24, 2.45) is 5.73 Å². The van der Waals surface area contributed by atoms with Gasteiger partial charge in [-0.25, -0.2) is 13.4 Å². The first-order chi connectivity index (χ1) is 10.9. The van der Waals surface area contributed by atoms with E-state index in [4.69, 9.17) is 5.73 Å². The summed E-state index contributed by atoms with van der Waals surface area (Å²) < 4.78 is 27.5. The number of hydrogen-bond acceptors (Lipinski definition) is 4. The number of fused-ring (bicyclic) bond motifs is 1. The molecular weight excluding hydrogens is 316 g/mol. The van der Waals surface area contributed by atoms with Crippen molar-refractivity contribution in [3.05, 3.63) is 53.9 Å². The summed E-state index contributed by atoms with van der Waals surface area (Å²) in [7, 11) is -3.86. The summed E-state index contributed by atoms with van der Waals surface area (Å²) >= 11 is 0. The second-order valence-corrected chi connectivity index (χ2v) is 6.70. The third-order valence-corrected chi connectivity index (χ3v) is 4.68. The molecule has 1 amide bonds. The lowest BCUT2D eigenvalue weighted by atomic mass is 10.2. The van der Waals surface area contributed by atoms with Crippen LogP contribution in [-0.4, -0.2) is 24.3 Å². The zero-order chi connectivity index (χ0) is 16.6. The number of sulfonamides is 1. The van der Waals surface area contributed by atoms with Gasteiger partial charge < -0.3 is 10.7 Å². The Balaban J connectivity index is 2.02. The fourth-order valence-electron chi connectivity index (χ4n) is 2.27. The van der Waals surface area contributed by atoms with E-state index in [1.165, 1.54) is 24.3 Å². The fraction of sp³-hybridized carbons (Fsp3) is 0.0667. The lowest BCUT2D eigenvalue weighted by molar-refractivity contribution is 0.100. The molecule has 7 nitrogen and oxygen atoms in total. The molecule has 0 aliphatic carbocycles. The number of rotatable bonds is 4. The number of aromatic amines is 1. The maximum absolute atomic E-state index is 12.5. The van der Waals surface area contributed by atoms with E-state index in [0.29, 0.717) is 16.9 Å². The van der Waals surface area contributed by atoms with Crippen LogP contribution in [0.3, 0.4) is 0 Å². The summed E-state index contributed by atoms with van der Waals surface area (Å²) in [6.07, 6.45) is 0. The number of amides is 1. The molecular formula is C15H14N4O3S. The highest BCUT2D eigenvalue weighted by molar-refractivity contribution is 7.92. The van der Waals surface area contributed by atoms with Crippen molar-refractivity contribution in [1.82, 2.24) is 9.97 Å². The van der Waals surface area contributed by atoms with E-state index < -0.39 is 15.9 Å². The number of imidazole rings is 1. The molecule has 0 unspecified atom stereocenters. The number of nitrogens with zero attached hydrogens (tertiary/aromatic N) is 1. The minimum absolute atomic E-state index is 0.0629. The molecule has 0 spiro atoms. The summed E-state index contributed by atoms with van der Waals surface area (Å²) in [5, 5.41) is 0. The number of nitrogens with two attached hydrogens (primary N) is 1. The summed E-state index contributed by atoms with van der Waals surface area (Å²) in [5.41, 5.74) is 6.81. The number of nitrogens with one attached hydrogen (secondary N) is 2. The molecule has 0 saturated carbocycles. The van der Waals surface area contributed by atoms with E-state index in [1.54, 1.807) is 25.1 Å². The van der Waals surface area contributed by atoms with E-state index in [-0.39, 0.29) is 16.1 Å². The van der Waals surface area contributed by atoms with Crippen LogP contribution in [0.25, 0.3) is 11.0 Å². The van der Waals surface area contributed by atoms with Gasteiger partial charge in [0.15, 0.2) is 0 Å². The van der Waals surface area contributed by atoms with Crippen LogP contribution in [-0.2, 0) is 10.0 Å². The van der Waals surface area contributed by atoms with Crippen molar-refractivity contribution in [1.29, 1.82) is 0 Å². The summed E-state index contributed by atoms with van der Waals surface area (Å²) in [6, 6.07) is 10.7. The number of aromatic nitrogens is 2. The predicted octanol–water partition coefficient (Wildman–Crippen LogP) is 1.77. The second-order valence-electron chi connectivity index (χ2n) is 5.02. The zero-order valence-electron chi connectivity index (χ0n) is 12.2. The number of H-pyrrole nitrogens is 1. The lowest BCUT2D eigenvalue weighted by Crippen LogP contribution is -2.18. The second kappa shape index (κ2) is 5.40. The molecule has 3 aromatic rings. The molecule has 3 rings (SSSR count). The molecule has 0 aliphatic heterocycles. The maximum atomic E-state index is 12.5. The van der Waals surface area contributed by atoms with Crippen molar-refractivity contribution >= 4 is 32.7 Å². The van der Waals surface area contributed by atoms with Gasteiger partial charge in [0.1, 0.15) is 5.82 Å². The first-order valence-corrected chi connectivity index (χ1v) is 8.23. The number of carbonyl (C=O) groups is 1. The van der Waals surface area contributed by atoms with Crippen LogP contribution in [0.4, 0.5) is 5.69 Å². The number of hydrogen-bond donors (Lipinski definition) is 3.